The largest absolute Gasteiger partial charge is 0.415 e. The van der Waals surface area contributed by atoms with Crippen molar-refractivity contribution in [3.63, 3.8) is 0 Å². The van der Waals surface area contributed by atoms with Gasteiger partial charge >= 0.3 is 6.98 Å². The van der Waals surface area contributed by atoms with Gasteiger partial charge in [-0.25, -0.2) is 0 Å². The summed E-state index contributed by atoms with van der Waals surface area (Å²) in [6.45, 7) is 15.8. The van der Waals surface area contributed by atoms with E-state index >= 15 is 0 Å². The predicted octanol–water partition coefficient (Wildman–Crippen LogP) is 3.66. The Bertz CT molecular complexity index is 506. The first kappa shape index (κ1) is 17.4. The van der Waals surface area contributed by atoms with Crippen LogP contribution in [-0.2, 0) is 5.41 Å². The molecule has 1 aromatic rings. The van der Waals surface area contributed by atoms with Crippen molar-refractivity contribution in [2.24, 2.45) is 0 Å². The molecule has 0 bridgehead atoms. The van der Waals surface area contributed by atoms with Gasteiger partial charge in [0.15, 0.2) is 0 Å². The molecule has 0 aromatic heterocycles. The van der Waals surface area contributed by atoms with E-state index in [9.17, 15) is 0 Å². The van der Waals surface area contributed by atoms with Crippen LogP contribution < -0.4 is 5.23 Å². The molecule has 0 aliphatic carbocycles. The van der Waals surface area contributed by atoms with E-state index in [1.807, 2.05) is 0 Å². The molecule has 1 atom stereocenters. The average Bonchev–Trinajstić information content (AvgIpc) is 2.51. The number of likely N-dealkylation sites (N-methyl/N-ethyl adjacent to an activating group) is 1. The molecule has 0 saturated carbocycles. The third kappa shape index (κ3) is 3.07. The molecule has 1 aliphatic rings. The monoisotopic (exact) mass is 299 g/mol. The lowest BCUT2D eigenvalue weighted by Crippen LogP contribution is -2.60. The Kier molecular flexibility index (Phi) is 5.29. The van der Waals surface area contributed by atoms with Gasteiger partial charge in [0.25, 0.3) is 6.98 Å². The summed E-state index contributed by atoms with van der Waals surface area (Å²) in [5.74, 6) is 0. The number of rotatable bonds is 2. The molecule has 0 amide bonds. The second-order valence-electron chi connectivity index (χ2n) is 7.30. The summed E-state index contributed by atoms with van der Waals surface area (Å²) in [6.07, 6.45) is 1.17. The minimum Gasteiger partial charge on any atom is -0.415 e. The number of anilines is 1. The van der Waals surface area contributed by atoms with Crippen LogP contribution in [0.15, 0.2) is 24.3 Å². The molecule has 1 aromatic carbocycles. The van der Waals surface area contributed by atoms with Gasteiger partial charge < -0.3 is 14.8 Å². The van der Waals surface area contributed by atoms with Crippen LogP contribution in [0.5, 0.6) is 0 Å². The number of para-hydroxylation sites is 1. The first-order valence-corrected chi connectivity index (χ1v) is 8.64. The smallest absolute Gasteiger partial charge is 0.326 e. The first-order valence-electron chi connectivity index (χ1n) is 8.64. The second-order valence-corrected chi connectivity index (χ2v) is 7.30. The number of nitrogens with one attached hydrogen (secondary N) is 1. The maximum absolute atomic E-state index is 3.76. The van der Waals surface area contributed by atoms with Gasteiger partial charge in [-0.15, -0.1) is 0 Å². The van der Waals surface area contributed by atoms with Crippen molar-refractivity contribution < 1.29 is 0 Å². The number of benzene rings is 1. The fraction of sp³-hybridized carbons (Fsp3) is 0.647. The molecule has 1 heterocycles. The van der Waals surface area contributed by atoms with Crippen LogP contribution in [0.4, 0.5) is 5.69 Å². The van der Waals surface area contributed by atoms with Crippen LogP contribution in [0.3, 0.4) is 0 Å². The van der Waals surface area contributed by atoms with Crippen molar-refractivity contribution in [3.8, 4) is 0 Å². The van der Waals surface area contributed by atoms with Crippen molar-refractivity contribution >= 4 is 19.7 Å². The molecule has 120 valence electrons. The fourth-order valence-corrected chi connectivity index (χ4v) is 3.73. The van der Waals surface area contributed by atoms with E-state index in [0.717, 1.165) is 6.54 Å². The van der Waals surface area contributed by atoms with Gasteiger partial charge in [0, 0.05) is 17.1 Å². The summed E-state index contributed by atoms with van der Waals surface area (Å²) in [6, 6.07) is 9.24. The molecule has 5 heteroatoms. The predicted molar refractivity (Wildman–Crippen MR) is 101 cm³/mol. The summed E-state index contributed by atoms with van der Waals surface area (Å²) in [5.41, 5.74) is 2.77. The zero-order chi connectivity index (χ0) is 16.5. The zero-order valence-electron chi connectivity index (χ0n) is 15.4. The van der Waals surface area contributed by atoms with Crippen molar-refractivity contribution in [1.82, 2.24) is 9.53 Å². The Morgan fingerprint density at radius 2 is 1.86 bits per heavy atom. The maximum atomic E-state index is 3.76. The molecule has 0 spiro atoms. The number of fused-ring (bicyclic) bond motifs is 1. The second kappa shape index (κ2) is 6.67. The Hall–Kier alpha value is -0.930. The minimum absolute atomic E-state index is 0.0918. The quantitative estimate of drug-likeness (QED) is 0.841. The molecule has 22 heavy (non-hydrogen) atoms. The first-order chi connectivity index (χ1) is 10.3. The number of hydrogen-bond acceptors (Lipinski definition) is 3. The van der Waals surface area contributed by atoms with E-state index in [4.69, 9.17) is 0 Å². The van der Waals surface area contributed by atoms with Crippen LogP contribution in [0.1, 0.15) is 39.7 Å². The Morgan fingerprint density at radius 3 is 2.50 bits per heavy atom. The van der Waals surface area contributed by atoms with Gasteiger partial charge in [-0.05, 0) is 38.6 Å². The highest BCUT2D eigenvalue weighted by atomic mass is 15.2. The average molecular weight is 299 g/mol. The number of nitrogens with zero attached hydrogens (tertiary/aromatic N) is 2. The molecule has 0 fully saturated rings. The summed E-state index contributed by atoms with van der Waals surface area (Å²) in [4.78, 5) is 2.52. The molecule has 1 unspecified atom stereocenters. The Labute approximate surface area is 137 Å². The van der Waals surface area contributed by atoms with Gasteiger partial charge in [-0.3, -0.25) is 0 Å². The van der Waals surface area contributed by atoms with Crippen LogP contribution in [0.25, 0.3) is 0 Å². The standard InChI is InChI=1S/C17H31B2N3/c1-8-13-22-18(5)20-16-12-10-9-11-15(16)17(3,4)14(2)21(7)19(22)6/h9-12,14,20H,8,13H2,1-7H3. The van der Waals surface area contributed by atoms with Crippen molar-refractivity contribution in [2.75, 3.05) is 18.8 Å². The third-order valence-corrected chi connectivity index (χ3v) is 5.69. The van der Waals surface area contributed by atoms with Crippen LogP contribution in [0, 0.1) is 0 Å². The fourth-order valence-electron chi connectivity index (χ4n) is 3.73. The molecular formula is C17H31B2N3. The van der Waals surface area contributed by atoms with Gasteiger partial charge in [0.1, 0.15) is 0 Å². The molecule has 0 saturated heterocycles. The van der Waals surface area contributed by atoms with E-state index in [-0.39, 0.29) is 5.41 Å². The molecule has 1 aliphatic heterocycles. The lowest BCUT2D eigenvalue weighted by atomic mass is 9.60. The summed E-state index contributed by atoms with van der Waals surface area (Å²) in [7, 11) is 2.26. The van der Waals surface area contributed by atoms with Crippen LogP contribution >= 0.6 is 0 Å². The summed E-state index contributed by atoms with van der Waals surface area (Å²) < 4.78 is 2.56. The van der Waals surface area contributed by atoms with Gasteiger partial charge in [-0.1, -0.05) is 52.6 Å². The lowest BCUT2D eigenvalue weighted by molar-refractivity contribution is 0.263. The Morgan fingerprint density at radius 1 is 1.23 bits per heavy atom. The molecule has 3 nitrogen and oxygen atoms in total. The van der Waals surface area contributed by atoms with Gasteiger partial charge in [-0.2, -0.15) is 0 Å². The van der Waals surface area contributed by atoms with Crippen LogP contribution in [0.2, 0.25) is 13.6 Å². The van der Waals surface area contributed by atoms with E-state index in [2.05, 4.69) is 87.4 Å². The van der Waals surface area contributed by atoms with E-state index in [1.54, 1.807) is 0 Å². The summed E-state index contributed by atoms with van der Waals surface area (Å²) >= 11 is 0. The van der Waals surface area contributed by atoms with E-state index < -0.39 is 0 Å². The van der Waals surface area contributed by atoms with E-state index in [0.29, 0.717) is 20.0 Å². The maximum Gasteiger partial charge on any atom is 0.326 e. The molecule has 0 radical (unpaired) electrons. The zero-order valence-corrected chi connectivity index (χ0v) is 15.4. The Balaban J connectivity index is 2.52. The van der Waals surface area contributed by atoms with Crippen molar-refractivity contribution in [1.29, 1.82) is 0 Å². The van der Waals surface area contributed by atoms with E-state index in [1.165, 1.54) is 17.7 Å². The van der Waals surface area contributed by atoms with Crippen molar-refractivity contribution in [2.45, 2.75) is 59.2 Å². The SMILES string of the molecule is CCCN1B(C)Nc2ccccc2C(C)(C)C(C)N(C)B1C. The normalized spacial score (nSPS) is 23.3. The topological polar surface area (TPSA) is 18.5 Å². The third-order valence-electron chi connectivity index (χ3n) is 5.69. The molecular weight excluding hydrogens is 268 g/mol. The highest BCUT2D eigenvalue weighted by Gasteiger charge is 2.40. The van der Waals surface area contributed by atoms with Gasteiger partial charge in [0.05, 0.1) is 0 Å². The van der Waals surface area contributed by atoms with Crippen LogP contribution in [-0.4, -0.2) is 43.1 Å². The minimum atomic E-state index is 0.0918. The highest BCUT2D eigenvalue weighted by molar-refractivity contribution is 6.71. The molecule has 2 rings (SSSR count). The highest BCUT2D eigenvalue weighted by Crippen LogP contribution is 2.36. The van der Waals surface area contributed by atoms with Crippen molar-refractivity contribution in [3.05, 3.63) is 29.8 Å². The summed E-state index contributed by atoms with van der Waals surface area (Å²) in [5, 5.41) is 3.76. The van der Waals surface area contributed by atoms with Gasteiger partial charge in [0.2, 0.25) is 0 Å². The number of hydrogen-bond donors (Lipinski definition) is 1. The lowest BCUT2D eigenvalue weighted by Gasteiger charge is -2.43. The molecule has 1 N–H and O–H groups in total.